The van der Waals surface area contributed by atoms with E-state index in [1.807, 2.05) is 58.8 Å². The van der Waals surface area contributed by atoms with Gasteiger partial charge in [-0.15, -0.1) is 11.3 Å². The highest BCUT2D eigenvalue weighted by Crippen LogP contribution is 2.48. The number of nitrogens with zero attached hydrogens (tertiary/aromatic N) is 1. The Morgan fingerprint density at radius 1 is 1.09 bits per heavy atom. The zero-order chi connectivity index (χ0) is 22.2. The molecule has 2 aromatic carbocycles. The number of carbonyl (C=O) groups excluding carboxylic acids is 2. The van der Waals surface area contributed by atoms with E-state index in [0.29, 0.717) is 36.6 Å². The number of ether oxygens (including phenoxy) is 2. The molecule has 6 nitrogen and oxygen atoms in total. The molecule has 0 unspecified atom stereocenters. The predicted octanol–water partition coefficient (Wildman–Crippen LogP) is 3.92. The number of fused-ring (bicyclic) bond motifs is 4. The van der Waals surface area contributed by atoms with Crippen LogP contribution in [0.15, 0.2) is 53.9 Å². The molecule has 32 heavy (non-hydrogen) atoms. The van der Waals surface area contributed by atoms with Gasteiger partial charge in [0.1, 0.15) is 0 Å². The van der Waals surface area contributed by atoms with Crippen LogP contribution in [-0.2, 0) is 17.8 Å². The van der Waals surface area contributed by atoms with Crippen LogP contribution in [0.25, 0.3) is 0 Å². The summed E-state index contributed by atoms with van der Waals surface area (Å²) in [6.45, 7) is 1.02. The number of nitrogens with one attached hydrogen (secondary N) is 1. The summed E-state index contributed by atoms with van der Waals surface area (Å²) in [5, 5.41) is 5.10. The third kappa shape index (κ3) is 3.33. The Bertz CT molecular complexity index is 1170. The number of hydrogen-bond donors (Lipinski definition) is 1. The number of amides is 2. The van der Waals surface area contributed by atoms with Gasteiger partial charge in [-0.05, 0) is 52.8 Å². The van der Waals surface area contributed by atoms with E-state index in [9.17, 15) is 9.59 Å². The van der Waals surface area contributed by atoms with Gasteiger partial charge in [-0.2, -0.15) is 0 Å². The maximum Gasteiger partial charge on any atom is 0.254 e. The Kier molecular flexibility index (Phi) is 5.35. The summed E-state index contributed by atoms with van der Waals surface area (Å²) in [5.74, 6) is 0.614. The summed E-state index contributed by atoms with van der Waals surface area (Å²) in [6, 6.07) is 14.9. The number of thiophene rings is 1. The minimum absolute atomic E-state index is 0.0339. The van der Waals surface area contributed by atoms with Gasteiger partial charge in [0, 0.05) is 17.0 Å². The third-order valence-electron chi connectivity index (χ3n) is 6.32. The zero-order valence-corrected chi connectivity index (χ0v) is 18.8. The van der Waals surface area contributed by atoms with Crippen LogP contribution >= 0.6 is 11.3 Å². The monoisotopic (exact) mass is 448 g/mol. The SMILES string of the molecule is COc1cc2c(cc1OC)[C@H]1[C@@H](C(=O)NCc3cccs3)c3ccccc3C(=O)N1CC2. The van der Waals surface area contributed by atoms with Gasteiger partial charge < -0.3 is 19.7 Å². The van der Waals surface area contributed by atoms with Crippen LogP contribution in [0.2, 0.25) is 0 Å². The van der Waals surface area contributed by atoms with E-state index in [1.54, 1.807) is 25.6 Å². The maximum absolute atomic E-state index is 13.6. The molecule has 1 N–H and O–H groups in total. The molecule has 2 amide bonds. The summed E-state index contributed by atoms with van der Waals surface area (Å²) in [4.78, 5) is 29.9. The second kappa shape index (κ2) is 8.31. The topological polar surface area (TPSA) is 67.9 Å². The largest absolute Gasteiger partial charge is 0.493 e. The molecule has 2 atom stereocenters. The number of hydrogen-bond acceptors (Lipinski definition) is 5. The Morgan fingerprint density at radius 3 is 2.62 bits per heavy atom. The highest BCUT2D eigenvalue weighted by molar-refractivity contribution is 7.09. The molecule has 3 aromatic rings. The molecule has 0 fully saturated rings. The van der Waals surface area contributed by atoms with Gasteiger partial charge in [-0.25, -0.2) is 0 Å². The first kappa shape index (κ1) is 20.6. The van der Waals surface area contributed by atoms with Crippen LogP contribution in [0.5, 0.6) is 11.5 Å². The molecule has 7 heteroatoms. The lowest BCUT2D eigenvalue weighted by atomic mass is 9.75. The van der Waals surface area contributed by atoms with Crippen molar-refractivity contribution in [3.63, 3.8) is 0 Å². The lowest BCUT2D eigenvalue weighted by Gasteiger charge is -2.45. The van der Waals surface area contributed by atoms with Gasteiger partial charge in [0.15, 0.2) is 11.5 Å². The first-order valence-corrected chi connectivity index (χ1v) is 11.4. The van der Waals surface area contributed by atoms with Crippen LogP contribution in [0.3, 0.4) is 0 Å². The number of methoxy groups -OCH3 is 2. The van der Waals surface area contributed by atoms with Gasteiger partial charge in [0.2, 0.25) is 5.91 Å². The molecular formula is C25H24N2O4S. The van der Waals surface area contributed by atoms with E-state index in [0.717, 1.165) is 21.6 Å². The van der Waals surface area contributed by atoms with Crippen molar-refractivity contribution >= 4 is 23.2 Å². The Balaban J connectivity index is 1.61. The minimum atomic E-state index is -0.513. The molecule has 2 aliphatic rings. The Hall–Kier alpha value is -3.32. The van der Waals surface area contributed by atoms with Gasteiger partial charge in [-0.3, -0.25) is 9.59 Å². The van der Waals surface area contributed by atoms with Crippen LogP contribution in [0.1, 0.15) is 43.9 Å². The highest BCUT2D eigenvalue weighted by Gasteiger charge is 2.46. The van der Waals surface area contributed by atoms with Crippen LogP contribution in [-0.4, -0.2) is 37.5 Å². The summed E-state index contributed by atoms with van der Waals surface area (Å²) >= 11 is 1.61. The second-order valence-electron chi connectivity index (χ2n) is 7.96. The smallest absolute Gasteiger partial charge is 0.254 e. The Morgan fingerprint density at radius 2 is 1.88 bits per heavy atom. The molecule has 5 rings (SSSR count). The first-order chi connectivity index (χ1) is 15.6. The molecule has 2 aliphatic heterocycles. The number of rotatable bonds is 5. The quantitative estimate of drug-likeness (QED) is 0.643. The van der Waals surface area contributed by atoms with Crippen molar-refractivity contribution in [1.29, 1.82) is 0 Å². The van der Waals surface area contributed by atoms with Crippen LogP contribution < -0.4 is 14.8 Å². The van der Waals surface area contributed by atoms with E-state index < -0.39 is 12.0 Å². The fourth-order valence-corrected chi connectivity index (χ4v) is 5.48. The van der Waals surface area contributed by atoms with E-state index >= 15 is 0 Å². The lowest BCUT2D eigenvalue weighted by Crippen LogP contribution is -2.50. The lowest BCUT2D eigenvalue weighted by molar-refractivity contribution is -0.124. The molecule has 1 aromatic heterocycles. The molecule has 0 radical (unpaired) electrons. The van der Waals surface area contributed by atoms with Gasteiger partial charge in [0.25, 0.3) is 5.91 Å². The van der Waals surface area contributed by atoms with Crippen molar-refractivity contribution < 1.29 is 19.1 Å². The van der Waals surface area contributed by atoms with E-state index in [4.69, 9.17) is 9.47 Å². The maximum atomic E-state index is 13.6. The normalized spacial score (nSPS) is 18.9. The van der Waals surface area contributed by atoms with Crippen molar-refractivity contribution in [2.45, 2.75) is 24.9 Å². The average Bonchev–Trinajstić information content (AvgIpc) is 3.35. The van der Waals surface area contributed by atoms with Gasteiger partial charge in [0.05, 0.1) is 32.7 Å². The molecule has 0 saturated heterocycles. The predicted molar refractivity (Wildman–Crippen MR) is 122 cm³/mol. The molecular weight excluding hydrogens is 424 g/mol. The van der Waals surface area contributed by atoms with Crippen LogP contribution in [0.4, 0.5) is 0 Å². The molecule has 3 heterocycles. The van der Waals surface area contributed by atoms with Crippen LogP contribution in [0, 0.1) is 0 Å². The summed E-state index contributed by atoms with van der Waals surface area (Å²) in [6.07, 6.45) is 0.698. The molecule has 0 spiro atoms. The van der Waals surface area contributed by atoms with E-state index in [-0.39, 0.29) is 11.8 Å². The van der Waals surface area contributed by atoms with Crippen molar-refractivity contribution in [1.82, 2.24) is 10.2 Å². The van der Waals surface area contributed by atoms with Crippen molar-refractivity contribution in [3.8, 4) is 11.5 Å². The Labute approximate surface area is 190 Å². The van der Waals surface area contributed by atoms with E-state index in [1.165, 1.54) is 0 Å². The second-order valence-corrected chi connectivity index (χ2v) is 8.99. The fraction of sp³-hybridized carbons (Fsp3) is 0.280. The minimum Gasteiger partial charge on any atom is -0.493 e. The number of benzene rings is 2. The molecule has 0 bridgehead atoms. The zero-order valence-electron chi connectivity index (χ0n) is 18.0. The summed E-state index contributed by atoms with van der Waals surface area (Å²) < 4.78 is 11.0. The van der Waals surface area contributed by atoms with Crippen molar-refractivity contribution in [3.05, 3.63) is 81.0 Å². The third-order valence-corrected chi connectivity index (χ3v) is 7.20. The van der Waals surface area contributed by atoms with Gasteiger partial charge in [-0.1, -0.05) is 24.3 Å². The average molecular weight is 449 g/mol. The van der Waals surface area contributed by atoms with Gasteiger partial charge >= 0.3 is 0 Å². The molecule has 0 saturated carbocycles. The standard InChI is InChI=1S/C25H24N2O4S/c1-30-20-12-15-9-10-27-23(19(15)13-21(20)31-2)22(17-7-3-4-8-18(17)25(27)29)24(28)26-14-16-6-5-11-32-16/h3-8,11-13,22-23H,9-10,14H2,1-2H3,(H,26,28)/t22-,23-/m0/s1. The fourth-order valence-electron chi connectivity index (χ4n) is 4.83. The molecule has 0 aliphatic carbocycles. The van der Waals surface area contributed by atoms with Crippen molar-refractivity contribution in [2.75, 3.05) is 20.8 Å². The molecule has 164 valence electrons. The summed E-state index contributed by atoms with van der Waals surface area (Å²) in [7, 11) is 3.21. The van der Waals surface area contributed by atoms with Crippen molar-refractivity contribution in [2.24, 2.45) is 0 Å². The first-order valence-electron chi connectivity index (χ1n) is 10.6. The number of carbonyl (C=O) groups is 2. The van der Waals surface area contributed by atoms with E-state index in [2.05, 4.69) is 5.32 Å². The summed E-state index contributed by atoms with van der Waals surface area (Å²) in [5.41, 5.74) is 3.38. The highest BCUT2D eigenvalue weighted by atomic mass is 32.1.